The summed E-state index contributed by atoms with van der Waals surface area (Å²) in [5.41, 5.74) is 1.11. The molecule has 0 saturated heterocycles. The number of benzene rings is 2. The first kappa shape index (κ1) is 27.2. The Kier molecular flexibility index (Phi) is 9.97. The first-order valence-electron chi connectivity index (χ1n) is 12.0. The first-order valence-corrected chi connectivity index (χ1v) is 12.0. The van der Waals surface area contributed by atoms with Gasteiger partial charge in [-0.05, 0) is 78.4 Å². The Bertz CT molecular complexity index is 811. The van der Waals surface area contributed by atoms with Gasteiger partial charge in [0.15, 0.2) is 0 Å². The second-order valence-electron chi connectivity index (χ2n) is 10.6. The van der Waals surface area contributed by atoms with Crippen molar-refractivity contribution in [3.05, 3.63) is 71.8 Å². The minimum atomic E-state index is -0.574. The van der Waals surface area contributed by atoms with Gasteiger partial charge < -0.3 is 20.1 Å². The van der Waals surface area contributed by atoms with E-state index in [0.717, 1.165) is 11.1 Å². The fraction of sp³-hybridized carbons (Fsp3) is 0.500. The fourth-order valence-corrected chi connectivity index (χ4v) is 3.60. The van der Waals surface area contributed by atoms with Gasteiger partial charge in [0.1, 0.15) is 11.2 Å². The van der Waals surface area contributed by atoms with E-state index in [9.17, 15) is 9.59 Å². The predicted molar refractivity (Wildman–Crippen MR) is 136 cm³/mol. The van der Waals surface area contributed by atoms with Crippen LogP contribution in [0.1, 0.15) is 65.5 Å². The zero-order valence-electron chi connectivity index (χ0n) is 21.4. The molecule has 0 fully saturated rings. The van der Waals surface area contributed by atoms with Crippen molar-refractivity contribution in [2.24, 2.45) is 0 Å². The van der Waals surface area contributed by atoms with Crippen molar-refractivity contribution in [1.29, 1.82) is 0 Å². The minimum Gasteiger partial charge on any atom is -0.444 e. The lowest BCUT2D eigenvalue weighted by atomic mass is 9.96. The van der Waals surface area contributed by atoms with Gasteiger partial charge in [-0.2, -0.15) is 0 Å². The topological polar surface area (TPSA) is 76.7 Å². The predicted octanol–water partition coefficient (Wildman–Crippen LogP) is 6.04. The minimum absolute atomic E-state index is 0.143. The molecule has 2 aromatic carbocycles. The Labute approximate surface area is 204 Å². The van der Waals surface area contributed by atoms with Gasteiger partial charge in [-0.15, -0.1) is 0 Å². The van der Waals surface area contributed by atoms with E-state index in [1.807, 2.05) is 102 Å². The molecule has 0 saturated carbocycles. The zero-order valence-corrected chi connectivity index (χ0v) is 21.4. The van der Waals surface area contributed by atoms with E-state index in [1.54, 1.807) is 0 Å². The molecule has 0 aliphatic carbocycles. The molecule has 6 nitrogen and oxygen atoms in total. The van der Waals surface area contributed by atoms with Crippen molar-refractivity contribution in [3.63, 3.8) is 0 Å². The highest BCUT2D eigenvalue weighted by molar-refractivity contribution is 5.68. The van der Waals surface area contributed by atoms with Crippen LogP contribution in [0.2, 0.25) is 0 Å². The number of amides is 2. The lowest BCUT2D eigenvalue weighted by molar-refractivity contribution is 0.0474. The van der Waals surface area contributed by atoms with Crippen LogP contribution < -0.4 is 10.6 Å². The summed E-state index contributed by atoms with van der Waals surface area (Å²) in [6, 6.07) is 19.8. The zero-order chi connectivity index (χ0) is 25.2. The number of hydrogen-bond donors (Lipinski definition) is 2. The van der Waals surface area contributed by atoms with Gasteiger partial charge in [-0.3, -0.25) is 0 Å². The largest absolute Gasteiger partial charge is 0.444 e. The van der Waals surface area contributed by atoms with Gasteiger partial charge in [0, 0.05) is 12.1 Å². The molecule has 0 spiro atoms. The van der Waals surface area contributed by atoms with Crippen molar-refractivity contribution in [2.45, 2.75) is 90.5 Å². The van der Waals surface area contributed by atoms with E-state index in [1.165, 1.54) is 0 Å². The Hall–Kier alpha value is -3.02. The second-order valence-corrected chi connectivity index (χ2v) is 10.6. The Morgan fingerprint density at radius 1 is 0.647 bits per heavy atom. The summed E-state index contributed by atoms with van der Waals surface area (Å²) in [5.74, 6) is 0. The van der Waals surface area contributed by atoms with Gasteiger partial charge in [0.05, 0.1) is 0 Å². The SMILES string of the molecule is CC(C)(C)OC(=O)N[C@H](CC[C@H](Cc1ccccc1)NC(=O)OC(C)(C)C)Cc1ccccc1. The molecule has 0 aliphatic rings. The summed E-state index contributed by atoms with van der Waals surface area (Å²) >= 11 is 0. The summed E-state index contributed by atoms with van der Waals surface area (Å²) in [7, 11) is 0. The third-order valence-corrected chi connectivity index (χ3v) is 4.96. The van der Waals surface area contributed by atoms with Crippen molar-refractivity contribution < 1.29 is 19.1 Å². The molecule has 34 heavy (non-hydrogen) atoms. The standard InChI is InChI=1S/C28H40N2O4/c1-27(2,3)33-25(31)29-23(19-21-13-9-7-10-14-21)17-18-24(20-22-15-11-8-12-16-22)30-26(32)34-28(4,5)6/h7-16,23-24H,17-20H2,1-6H3,(H,29,31)(H,30,32)/t23-,24-/m1/s1. The molecule has 2 atom stereocenters. The molecule has 2 aromatic rings. The summed E-state index contributed by atoms with van der Waals surface area (Å²) in [6.07, 6.45) is 1.80. The summed E-state index contributed by atoms with van der Waals surface area (Å²) < 4.78 is 11.0. The van der Waals surface area contributed by atoms with Crippen molar-refractivity contribution in [2.75, 3.05) is 0 Å². The molecule has 6 heteroatoms. The van der Waals surface area contributed by atoms with Crippen LogP contribution in [0.4, 0.5) is 9.59 Å². The molecule has 0 aliphatic heterocycles. The normalized spacial score (nSPS) is 13.5. The molecule has 0 bridgehead atoms. The molecule has 0 heterocycles. The average Bonchev–Trinajstić information content (AvgIpc) is 2.70. The number of carbonyl (C=O) groups excluding carboxylic acids is 2. The second kappa shape index (κ2) is 12.4. The Morgan fingerprint density at radius 2 is 0.971 bits per heavy atom. The van der Waals surface area contributed by atoms with Gasteiger partial charge in [0.25, 0.3) is 0 Å². The van der Waals surface area contributed by atoms with Crippen molar-refractivity contribution in [3.8, 4) is 0 Å². The maximum atomic E-state index is 12.5. The van der Waals surface area contributed by atoms with Gasteiger partial charge in [0.2, 0.25) is 0 Å². The van der Waals surface area contributed by atoms with Gasteiger partial charge in [-0.25, -0.2) is 9.59 Å². The van der Waals surface area contributed by atoms with Crippen LogP contribution in [0.3, 0.4) is 0 Å². The number of carbonyl (C=O) groups is 2. The quantitative estimate of drug-likeness (QED) is 0.470. The highest BCUT2D eigenvalue weighted by Gasteiger charge is 2.23. The molecular formula is C28H40N2O4. The molecule has 186 valence electrons. The van der Waals surface area contributed by atoms with Crippen molar-refractivity contribution in [1.82, 2.24) is 10.6 Å². The highest BCUT2D eigenvalue weighted by atomic mass is 16.6. The molecule has 0 aromatic heterocycles. The summed E-state index contributed by atoms with van der Waals surface area (Å²) in [6.45, 7) is 11.1. The van der Waals surface area contributed by atoms with E-state index in [2.05, 4.69) is 10.6 Å². The Balaban J connectivity index is 2.11. The molecular weight excluding hydrogens is 428 g/mol. The summed E-state index contributed by atoms with van der Waals surface area (Å²) in [5, 5.41) is 6.06. The van der Waals surface area contributed by atoms with E-state index in [0.29, 0.717) is 25.7 Å². The van der Waals surface area contributed by atoms with E-state index in [4.69, 9.17) is 9.47 Å². The lowest BCUT2D eigenvalue weighted by Crippen LogP contribution is -2.43. The van der Waals surface area contributed by atoms with E-state index >= 15 is 0 Å². The van der Waals surface area contributed by atoms with Crippen LogP contribution in [0, 0.1) is 0 Å². The average molecular weight is 469 g/mol. The maximum Gasteiger partial charge on any atom is 0.407 e. The van der Waals surface area contributed by atoms with Crippen LogP contribution in [-0.2, 0) is 22.3 Å². The number of hydrogen-bond acceptors (Lipinski definition) is 4. The summed E-state index contributed by atoms with van der Waals surface area (Å²) in [4.78, 5) is 25.0. The smallest absolute Gasteiger partial charge is 0.407 e. The molecule has 0 radical (unpaired) electrons. The molecule has 2 N–H and O–H groups in total. The van der Waals surface area contributed by atoms with E-state index < -0.39 is 23.4 Å². The third-order valence-electron chi connectivity index (χ3n) is 4.96. The fourth-order valence-electron chi connectivity index (χ4n) is 3.60. The van der Waals surface area contributed by atoms with Crippen LogP contribution >= 0.6 is 0 Å². The molecule has 0 unspecified atom stereocenters. The number of rotatable bonds is 9. The van der Waals surface area contributed by atoms with Crippen LogP contribution in [0.5, 0.6) is 0 Å². The van der Waals surface area contributed by atoms with Crippen LogP contribution in [0.25, 0.3) is 0 Å². The van der Waals surface area contributed by atoms with Crippen molar-refractivity contribution >= 4 is 12.2 Å². The third kappa shape index (κ3) is 11.7. The van der Waals surface area contributed by atoms with Crippen LogP contribution in [0.15, 0.2) is 60.7 Å². The highest BCUT2D eigenvalue weighted by Crippen LogP contribution is 2.15. The van der Waals surface area contributed by atoms with Gasteiger partial charge >= 0.3 is 12.2 Å². The van der Waals surface area contributed by atoms with E-state index in [-0.39, 0.29) is 12.1 Å². The number of ether oxygens (including phenoxy) is 2. The maximum absolute atomic E-state index is 12.5. The lowest BCUT2D eigenvalue weighted by Gasteiger charge is -2.27. The number of nitrogens with one attached hydrogen (secondary N) is 2. The first-order chi connectivity index (χ1) is 15.9. The Morgan fingerprint density at radius 3 is 1.26 bits per heavy atom. The van der Waals surface area contributed by atoms with Crippen LogP contribution in [-0.4, -0.2) is 35.5 Å². The monoisotopic (exact) mass is 468 g/mol. The van der Waals surface area contributed by atoms with Gasteiger partial charge in [-0.1, -0.05) is 60.7 Å². The number of alkyl carbamates (subject to hydrolysis) is 2. The molecule has 2 amide bonds. The molecule has 2 rings (SSSR count).